The van der Waals surface area contributed by atoms with Crippen LogP contribution in [0.3, 0.4) is 0 Å². The van der Waals surface area contributed by atoms with Crippen LogP contribution in [0.2, 0.25) is 0 Å². The van der Waals surface area contributed by atoms with E-state index in [4.69, 9.17) is 5.11 Å². The summed E-state index contributed by atoms with van der Waals surface area (Å²) in [5.41, 5.74) is 1.90. The lowest BCUT2D eigenvalue weighted by Crippen LogP contribution is -2.12. The van der Waals surface area contributed by atoms with Gasteiger partial charge < -0.3 is 15.0 Å². The number of hydrogen-bond donors (Lipinski definition) is 2. The van der Waals surface area contributed by atoms with E-state index in [2.05, 4.69) is 15.5 Å². The van der Waals surface area contributed by atoms with Crippen LogP contribution in [0.15, 0.2) is 24.5 Å². The Bertz CT molecular complexity index is 606. The number of carboxylic acids is 1. The first kappa shape index (κ1) is 13.1. The molecule has 1 heterocycles. The molecular formula is C13H16N4O2. The minimum absolute atomic E-state index is 0.0115. The molecule has 0 amide bonds. The largest absolute Gasteiger partial charge is 0.478 e. The standard InChI is InChI=1S/C13H16N4O2/c1-8-6-10(4-5-11(8)13(18)19)15-9(2)12-16-14-7-17(12)3/h4-7,9,15H,1-3H3,(H,18,19). The molecule has 100 valence electrons. The Balaban J connectivity index is 2.18. The first-order chi connectivity index (χ1) is 8.99. The van der Waals surface area contributed by atoms with Crippen LogP contribution < -0.4 is 5.32 Å². The van der Waals surface area contributed by atoms with E-state index < -0.39 is 5.97 Å². The Morgan fingerprint density at radius 2 is 2.21 bits per heavy atom. The summed E-state index contributed by atoms with van der Waals surface area (Å²) in [6, 6.07) is 5.16. The zero-order chi connectivity index (χ0) is 14.0. The van der Waals surface area contributed by atoms with Gasteiger partial charge in [-0.05, 0) is 37.6 Å². The highest BCUT2D eigenvalue weighted by atomic mass is 16.4. The minimum atomic E-state index is -0.912. The van der Waals surface area contributed by atoms with Crippen LogP contribution in [0.25, 0.3) is 0 Å². The third kappa shape index (κ3) is 2.73. The van der Waals surface area contributed by atoms with Crippen molar-refractivity contribution < 1.29 is 9.90 Å². The molecule has 2 N–H and O–H groups in total. The molecule has 0 bridgehead atoms. The number of benzene rings is 1. The number of carbonyl (C=O) groups is 1. The number of carboxylic acid groups (broad SMARTS) is 1. The fraction of sp³-hybridized carbons (Fsp3) is 0.308. The molecule has 0 aliphatic carbocycles. The highest BCUT2D eigenvalue weighted by Crippen LogP contribution is 2.20. The van der Waals surface area contributed by atoms with Gasteiger partial charge in [0.05, 0.1) is 11.6 Å². The summed E-state index contributed by atoms with van der Waals surface area (Å²) < 4.78 is 1.84. The van der Waals surface area contributed by atoms with Crippen LogP contribution in [0, 0.1) is 6.92 Å². The van der Waals surface area contributed by atoms with Gasteiger partial charge in [-0.2, -0.15) is 0 Å². The Morgan fingerprint density at radius 3 is 2.74 bits per heavy atom. The van der Waals surface area contributed by atoms with E-state index >= 15 is 0 Å². The van der Waals surface area contributed by atoms with Crippen molar-refractivity contribution in [2.24, 2.45) is 7.05 Å². The summed E-state index contributed by atoms with van der Waals surface area (Å²) in [6.45, 7) is 3.76. The molecular weight excluding hydrogens is 244 g/mol. The molecule has 0 spiro atoms. The van der Waals surface area contributed by atoms with Gasteiger partial charge in [-0.3, -0.25) is 0 Å². The van der Waals surface area contributed by atoms with Crippen LogP contribution in [0.4, 0.5) is 5.69 Å². The highest BCUT2D eigenvalue weighted by Gasteiger charge is 2.12. The summed E-state index contributed by atoms with van der Waals surface area (Å²) in [5.74, 6) is -0.0923. The maximum absolute atomic E-state index is 10.9. The Hall–Kier alpha value is -2.37. The van der Waals surface area contributed by atoms with Crippen molar-refractivity contribution >= 4 is 11.7 Å². The lowest BCUT2D eigenvalue weighted by atomic mass is 10.1. The third-order valence-electron chi connectivity index (χ3n) is 2.97. The van der Waals surface area contributed by atoms with Crippen molar-refractivity contribution in [3.05, 3.63) is 41.5 Å². The molecule has 2 rings (SSSR count). The van der Waals surface area contributed by atoms with Gasteiger partial charge in [0.1, 0.15) is 6.33 Å². The minimum Gasteiger partial charge on any atom is -0.478 e. The van der Waals surface area contributed by atoms with Crippen molar-refractivity contribution in [1.82, 2.24) is 14.8 Å². The van der Waals surface area contributed by atoms with Crippen molar-refractivity contribution in [1.29, 1.82) is 0 Å². The zero-order valence-electron chi connectivity index (χ0n) is 11.1. The lowest BCUT2D eigenvalue weighted by Gasteiger charge is -2.15. The molecule has 1 aromatic heterocycles. The Morgan fingerprint density at radius 1 is 1.47 bits per heavy atom. The molecule has 19 heavy (non-hydrogen) atoms. The van der Waals surface area contributed by atoms with Crippen LogP contribution >= 0.6 is 0 Å². The van der Waals surface area contributed by atoms with Crippen LogP contribution in [-0.4, -0.2) is 25.8 Å². The van der Waals surface area contributed by atoms with Gasteiger partial charge in [-0.15, -0.1) is 10.2 Å². The first-order valence-electron chi connectivity index (χ1n) is 5.93. The summed E-state index contributed by atoms with van der Waals surface area (Å²) in [7, 11) is 1.88. The SMILES string of the molecule is Cc1cc(NC(C)c2nncn2C)ccc1C(=O)O. The molecule has 0 fully saturated rings. The molecule has 1 unspecified atom stereocenters. The Labute approximate surface area is 111 Å². The smallest absolute Gasteiger partial charge is 0.335 e. The quantitative estimate of drug-likeness (QED) is 0.878. The van der Waals surface area contributed by atoms with E-state index in [9.17, 15) is 4.79 Å². The van der Waals surface area contributed by atoms with E-state index in [0.29, 0.717) is 5.56 Å². The van der Waals surface area contributed by atoms with Crippen molar-refractivity contribution in [3.8, 4) is 0 Å². The fourth-order valence-corrected chi connectivity index (χ4v) is 1.99. The van der Waals surface area contributed by atoms with E-state index in [0.717, 1.165) is 17.1 Å². The van der Waals surface area contributed by atoms with Gasteiger partial charge in [-0.25, -0.2) is 4.79 Å². The first-order valence-corrected chi connectivity index (χ1v) is 5.93. The van der Waals surface area contributed by atoms with Gasteiger partial charge in [0.2, 0.25) is 0 Å². The summed E-state index contributed by atoms with van der Waals surface area (Å²) in [4.78, 5) is 10.9. The molecule has 1 atom stereocenters. The molecule has 6 heteroatoms. The molecule has 0 aliphatic heterocycles. The van der Waals surface area contributed by atoms with Gasteiger partial charge >= 0.3 is 5.97 Å². The summed E-state index contributed by atoms with van der Waals surface area (Å²) >= 11 is 0. The van der Waals surface area contributed by atoms with Crippen LogP contribution in [0.5, 0.6) is 0 Å². The molecule has 0 radical (unpaired) electrons. The topological polar surface area (TPSA) is 80.0 Å². The normalized spacial score (nSPS) is 12.2. The van der Waals surface area contributed by atoms with E-state index in [1.807, 2.05) is 24.6 Å². The maximum atomic E-state index is 10.9. The van der Waals surface area contributed by atoms with E-state index in [1.165, 1.54) is 0 Å². The maximum Gasteiger partial charge on any atom is 0.335 e. The fourth-order valence-electron chi connectivity index (χ4n) is 1.99. The average molecular weight is 260 g/mol. The predicted octanol–water partition coefficient (Wildman–Crippen LogP) is 1.99. The van der Waals surface area contributed by atoms with E-state index in [1.54, 1.807) is 25.4 Å². The molecule has 6 nitrogen and oxygen atoms in total. The van der Waals surface area contributed by atoms with Crippen molar-refractivity contribution in [3.63, 3.8) is 0 Å². The average Bonchev–Trinajstić information content (AvgIpc) is 2.75. The number of anilines is 1. The molecule has 0 saturated carbocycles. The number of aromatic nitrogens is 3. The van der Waals surface area contributed by atoms with E-state index in [-0.39, 0.29) is 6.04 Å². The second-order valence-electron chi connectivity index (χ2n) is 4.50. The number of aromatic carboxylic acids is 1. The van der Waals surface area contributed by atoms with Gasteiger partial charge in [0, 0.05) is 12.7 Å². The zero-order valence-corrected chi connectivity index (χ0v) is 11.1. The van der Waals surface area contributed by atoms with Crippen molar-refractivity contribution in [2.75, 3.05) is 5.32 Å². The highest BCUT2D eigenvalue weighted by molar-refractivity contribution is 5.89. The Kier molecular flexibility index (Phi) is 3.50. The number of hydrogen-bond acceptors (Lipinski definition) is 4. The summed E-state index contributed by atoms with van der Waals surface area (Å²) in [6.07, 6.45) is 1.65. The number of rotatable bonds is 4. The molecule has 0 saturated heterocycles. The van der Waals surface area contributed by atoms with Gasteiger partial charge in [0.15, 0.2) is 5.82 Å². The van der Waals surface area contributed by atoms with Crippen LogP contribution in [-0.2, 0) is 7.05 Å². The lowest BCUT2D eigenvalue weighted by molar-refractivity contribution is 0.0696. The molecule has 0 aliphatic rings. The second-order valence-corrected chi connectivity index (χ2v) is 4.50. The van der Waals surface area contributed by atoms with Gasteiger partial charge in [-0.1, -0.05) is 0 Å². The monoisotopic (exact) mass is 260 g/mol. The summed E-state index contributed by atoms with van der Waals surface area (Å²) in [5, 5.41) is 20.1. The van der Waals surface area contributed by atoms with Gasteiger partial charge in [0.25, 0.3) is 0 Å². The molecule has 1 aromatic carbocycles. The third-order valence-corrected chi connectivity index (χ3v) is 2.97. The number of nitrogens with one attached hydrogen (secondary N) is 1. The second kappa shape index (κ2) is 5.09. The molecule has 2 aromatic rings. The predicted molar refractivity (Wildman–Crippen MR) is 71.2 cm³/mol. The number of aryl methyl sites for hydroxylation is 2. The number of nitrogens with zero attached hydrogens (tertiary/aromatic N) is 3. The van der Waals surface area contributed by atoms with Crippen LogP contribution in [0.1, 0.15) is 34.7 Å². The van der Waals surface area contributed by atoms with Crippen molar-refractivity contribution in [2.45, 2.75) is 19.9 Å².